The van der Waals surface area contributed by atoms with Crippen molar-refractivity contribution in [1.82, 2.24) is 0 Å². The molecule has 1 aromatic rings. The molecule has 16 heavy (non-hydrogen) atoms. The first kappa shape index (κ1) is 16.9. The maximum atomic E-state index is 8.82. The Morgan fingerprint density at radius 1 is 1.12 bits per heavy atom. The average molecular weight is 220 g/mol. The molecule has 0 heterocycles. The SMILES string of the molecule is C=C(O)/C=C\c1ccccc1C.CC.CC. The molecule has 0 aliphatic rings. The van der Waals surface area contributed by atoms with E-state index in [1.807, 2.05) is 65.0 Å². The third kappa shape index (κ3) is 7.86. The first-order valence-corrected chi connectivity index (χ1v) is 5.82. The van der Waals surface area contributed by atoms with Gasteiger partial charge in [0.25, 0.3) is 0 Å². The second-order valence-corrected chi connectivity index (χ2v) is 2.68. The van der Waals surface area contributed by atoms with Gasteiger partial charge >= 0.3 is 0 Å². The fourth-order valence-corrected chi connectivity index (χ4v) is 0.960. The number of hydrogen-bond acceptors (Lipinski definition) is 1. The predicted molar refractivity (Wildman–Crippen MR) is 74.7 cm³/mol. The van der Waals surface area contributed by atoms with Crippen molar-refractivity contribution in [3.05, 3.63) is 53.8 Å². The highest BCUT2D eigenvalue weighted by Gasteiger charge is 1.89. The Labute approximate surface area is 100 Å². The van der Waals surface area contributed by atoms with Crippen molar-refractivity contribution in [3.8, 4) is 0 Å². The van der Waals surface area contributed by atoms with Crippen LogP contribution in [0.5, 0.6) is 0 Å². The summed E-state index contributed by atoms with van der Waals surface area (Å²) in [5.74, 6) is 0.0817. The van der Waals surface area contributed by atoms with Gasteiger partial charge in [-0.05, 0) is 24.1 Å². The molecule has 0 fully saturated rings. The van der Waals surface area contributed by atoms with E-state index in [9.17, 15) is 0 Å². The lowest BCUT2D eigenvalue weighted by Crippen LogP contribution is -1.78. The van der Waals surface area contributed by atoms with Crippen molar-refractivity contribution in [1.29, 1.82) is 0 Å². The van der Waals surface area contributed by atoms with E-state index in [0.29, 0.717) is 0 Å². The van der Waals surface area contributed by atoms with E-state index in [0.717, 1.165) is 5.56 Å². The van der Waals surface area contributed by atoms with Gasteiger partial charge in [0.2, 0.25) is 0 Å². The van der Waals surface area contributed by atoms with Crippen LogP contribution >= 0.6 is 0 Å². The van der Waals surface area contributed by atoms with Crippen molar-refractivity contribution in [3.63, 3.8) is 0 Å². The van der Waals surface area contributed by atoms with Gasteiger partial charge < -0.3 is 5.11 Å². The molecule has 0 saturated heterocycles. The Balaban J connectivity index is 0. The Morgan fingerprint density at radius 3 is 2.06 bits per heavy atom. The van der Waals surface area contributed by atoms with Gasteiger partial charge in [0.15, 0.2) is 0 Å². The second kappa shape index (κ2) is 11.6. The number of benzene rings is 1. The van der Waals surface area contributed by atoms with Crippen LogP contribution in [-0.2, 0) is 0 Å². The van der Waals surface area contributed by atoms with Gasteiger partial charge in [-0.15, -0.1) is 0 Å². The van der Waals surface area contributed by atoms with Gasteiger partial charge in [-0.3, -0.25) is 0 Å². The third-order valence-electron chi connectivity index (χ3n) is 1.64. The Hall–Kier alpha value is -1.50. The van der Waals surface area contributed by atoms with E-state index in [1.165, 1.54) is 5.56 Å². The molecule has 0 bridgehead atoms. The van der Waals surface area contributed by atoms with Crippen molar-refractivity contribution in [2.45, 2.75) is 34.6 Å². The summed E-state index contributed by atoms with van der Waals surface area (Å²) in [5, 5.41) is 8.82. The van der Waals surface area contributed by atoms with E-state index in [-0.39, 0.29) is 5.76 Å². The molecule has 1 aromatic carbocycles. The normalized spacial score (nSPS) is 8.56. The smallest absolute Gasteiger partial charge is 0.108 e. The topological polar surface area (TPSA) is 20.2 Å². The molecule has 1 rings (SSSR count). The van der Waals surface area contributed by atoms with E-state index >= 15 is 0 Å². The first-order chi connectivity index (χ1) is 7.70. The predicted octanol–water partition coefficient (Wildman–Crippen LogP) is 5.13. The zero-order chi connectivity index (χ0) is 13.0. The molecule has 0 saturated carbocycles. The van der Waals surface area contributed by atoms with E-state index in [1.54, 1.807) is 6.08 Å². The molecule has 90 valence electrons. The highest BCUT2D eigenvalue weighted by Crippen LogP contribution is 2.09. The highest BCUT2D eigenvalue weighted by molar-refractivity contribution is 5.55. The number of hydrogen-bond donors (Lipinski definition) is 1. The van der Waals surface area contributed by atoms with Crippen LogP contribution in [0, 0.1) is 6.92 Å². The monoisotopic (exact) mass is 220 g/mol. The number of aliphatic hydroxyl groups excluding tert-OH is 1. The molecular weight excluding hydrogens is 196 g/mol. The molecule has 0 spiro atoms. The summed E-state index contributed by atoms with van der Waals surface area (Å²) in [4.78, 5) is 0. The van der Waals surface area contributed by atoms with Gasteiger partial charge in [0.1, 0.15) is 5.76 Å². The van der Waals surface area contributed by atoms with E-state index < -0.39 is 0 Å². The van der Waals surface area contributed by atoms with Crippen LogP contribution in [0.3, 0.4) is 0 Å². The number of rotatable bonds is 2. The Morgan fingerprint density at radius 2 is 1.62 bits per heavy atom. The maximum Gasteiger partial charge on any atom is 0.108 e. The summed E-state index contributed by atoms with van der Waals surface area (Å²) >= 11 is 0. The number of allylic oxidation sites excluding steroid dienone is 1. The minimum atomic E-state index is 0.0817. The summed E-state index contributed by atoms with van der Waals surface area (Å²) in [7, 11) is 0. The Bertz CT molecular complexity index is 311. The van der Waals surface area contributed by atoms with Crippen LogP contribution in [0.1, 0.15) is 38.8 Å². The number of aryl methyl sites for hydroxylation is 1. The summed E-state index contributed by atoms with van der Waals surface area (Å²) in [6.07, 6.45) is 3.43. The minimum absolute atomic E-state index is 0.0817. The summed E-state index contributed by atoms with van der Waals surface area (Å²) < 4.78 is 0. The van der Waals surface area contributed by atoms with Gasteiger partial charge in [0.05, 0.1) is 0 Å². The lowest BCUT2D eigenvalue weighted by molar-refractivity contribution is 0.436. The van der Waals surface area contributed by atoms with Gasteiger partial charge in [-0.1, -0.05) is 64.6 Å². The molecular formula is C15H24O. The van der Waals surface area contributed by atoms with Gasteiger partial charge in [0, 0.05) is 0 Å². The molecule has 0 radical (unpaired) electrons. The van der Waals surface area contributed by atoms with E-state index in [2.05, 4.69) is 6.58 Å². The van der Waals surface area contributed by atoms with Crippen molar-refractivity contribution in [2.75, 3.05) is 0 Å². The molecule has 0 aliphatic heterocycles. The quantitative estimate of drug-likeness (QED) is 0.541. The standard InChI is InChI=1S/C11H12O.2C2H6/c1-9-5-3-4-6-11(9)8-7-10(2)12;2*1-2/h3-8,12H,2H2,1H3;2*1-2H3/b8-7-;;. The molecule has 0 aromatic heterocycles. The van der Waals surface area contributed by atoms with Crippen LogP contribution in [0.25, 0.3) is 6.08 Å². The maximum absolute atomic E-state index is 8.82. The molecule has 0 aliphatic carbocycles. The Kier molecular flexibility index (Phi) is 12.2. The minimum Gasteiger partial charge on any atom is -0.509 e. The molecule has 0 amide bonds. The van der Waals surface area contributed by atoms with Crippen LogP contribution < -0.4 is 0 Å². The van der Waals surface area contributed by atoms with Crippen molar-refractivity contribution < 1.29 is 5.11 Å². The molecule has 0 atom stereocenters. The van der Waals surface area contributed by atoms with Gasteiger partial charge in [-0.25, -0.2) is 0 Å². The second-order valence-electron chi connectivity index (χ2n) is 2.68. The van der Waals surface area contributed by atoms with E-state index in [4.69, 9.17) is 5.11 Å². The fourth-order valence-electron chi connectivity index (χ4n) is 0.960. The van der Waals surface area contributed by atoms with Crippen LogP contribution in [-0.4, -0.2) is 5.11 Å². The van der Waals surface area contributed by atoms with Crippen molar-refractivity contribution in [2.24, 2.45) is 0 Å². The lowest BCUT2D eigenvalue weighted by atomic mass is 10.1. The fraction of sp³-hybridized carbons (Fsp3) is 0.333. The van der Waals surface area contributed by atoms with Gasteiger partial charge in [-0.2, -0.15) is 0 Å². The molecule has 1 heteroatoms. The van der Waals surface area contributed by atoms with Crippen molar-refractivity contribution >= 4 is 6.08 Å². The first-order valence-electron chi connectivity index (χ1n) is 5.82. The molecule has 1 N–H and O–H groups in total. The average Bonchev–Trinajstić information content (AvgIpc) is 2.33. The summed E-state index contributed by atoms with van der Waals surface area (Å²) in [6, 6.07) is 7.97. The number of aliphatic hydroxyl groups is 1. The lowest BCUT2D eigenvalue weighted by Gasteiger charge is -1.97. The molecule has 0 unspecified atom stereocenters. The largest absolute Gasteiger partial charge is 0.509 e. The summed E-state index contributed by atoms with van der Waals surface area (Å²) in [6.45, 7) is 13.4. The zero-order valence-electron chi connectivity index (χ0n) is 11.1. The third-order valence-corrected chi connectivity index (χ3v) is 1.64. The molecule has 1 nitrogen and oxygen atoms in total. The van der Waals surface area contributed by atoms with Crippen LogP contribution in [0.4, 0.5) is 0 Å². The van der Waals surface area contributed by atoms with Crippen LogP contribution in [0.2, 0.25) is 0 Å². The summed E-state index contributed by atoms with van der Waals surface area (Å²) in [5.41, 5.74) is 2.29. The zero-order valence-corrected chi connectivity index (χ0v) is 11.1. The van der Waals surface area contributed by atoms with Crippen LogP contribution in [0.15, 0.2) is 42.7 Å². The highest BCUT2D eigenvalue weighted by atomic mass is 16.3.